The molecule has 2 heteroatoms. The number of rotatable bonds is 2. The van der Waals surface area contributed by atoms with E-state index in [9.17, 15) is 0 Å². The second-order valence-electron chi connectivity index (χ2n) is 2.86. The first-order valence-electron chi connectivity index (χ1n) is 4.18. The van der Waals surface area contributed by atoms with Crippen LogP contribution in [0.5, 0.6) is 11.5 Å². The standard InChI is InChI=1S/C10H11O2/c1-2-3-8-4-5-9-10(6-8)12-7-11-9/h4-7H,2-3H2,1H3. The van der Waals surface area contributed by atoms with E-state index in [0.29, 0.717) is 0 Å². The molecule has 1 aromatic rings. The van der Waals surface area contributed by atoms with Crippen molar-refractivity contribution in [1.82, 2.24) is 0 Å². The molecule has 1 aliphatic rings. The summed E-state index contributed by atoms with van der Waals surface area (Å²) in [4.78, 5) is 0. The number of hydrogen-bond acceptors (Lipinski definition) is 2. The molecule has 0 bridgehead atoms. The van der Waals surface area contributed by atoms with E-state index in [-0.39, 0.29) is 0 Å². The minimum Gasteiger partial charge on any atom is -0.444 e. The molecular weight excluding hydrogens is 152 g/mol. The van der Waals surface area contributed by atoms with Crippen LogP contribution in [0.1, 0.15) is 18.9 Å². The fourth-order valence-electron chi connectivity index (χ4n) is 1.31. The smallest absolute Gasteiger partial charge is 0.316 e. The molecule has 1 radical (unpaired) electrons. The lowest BCUT2D eigenvalue weighted by atomic mass is 10.1. The summed E-state index contributed by atoms with van der Waals surface area (Å²) in [5.41, 5.74) is 1.30. The Balaban J connectivity index is 2.26. The van der Waals surface area contributed by atoms with E-state index in [1.54, 1.807) is 0 Å². The van der Waals surface area contributed by atoms with Crippen molar-refractivity contribution < 1.29 is 9.47 Å². The van der Waals surface area contributed by atoms with Crippen molar-refractivity contribution in [2.75, 3.05) is 0 Å². The van der Waals surface area contributed by atoms with Crippen LogP contribution in [0.2, 0.25) is 0 Å². The summed E-state index contributed by atoms with van der Waals surface area (Å²) in [6.07, 6.45) is 2.25. The Kier molecular flexibility index (Phi) is 1.90. The maximum absolute atomic E-state index is 5.14. The third-order valence-electron chi connectivity index (χ3n) is 1.90. The Labute approximate surface area is 72.1 Å². The predicted molar refractivity (Wildman–Crippen MR) is 46.0 cm³/mol. The van der Waals surface area contributed by atoms with Gasteiger partial charge in [-0.15, -0.1) is 0 Å². The summed E-state index contributed by atoms with van der Waals surface area (Å²) in [7, 11) is 0. The van der Waals surface area contributed by atoms with Gasteiger partial charge in [0.15, 0.2) is 11.5 Å². The summed E-state index contributed by atoms with van der Waals surface area (Å²) < 4.78 is 10.2. The number of benzene rings is 1. The molecule has 0 N–H and O–H groups in total. The maximum Gasteiger partial charge on any atom is 0.316 e. The number of hydrogen-bond donors (Lipinski definition) is 0. The Morgan fingerprint density at radius 3 is 2.83 bits per heavy atom. The minimum atomic E-state index is 0.815. The van der Waals surface area contributed by atoms with Crippen molar-refractivity contribution in [3.05, 3.63) is 30.6 Å². The number of fused-ring (bicyclic) bond motifs is 1. The summed E-state index contributed by atoms with van der Waals surface area (Å²) in [6, 6.07) is 6.05. The van der Waals surface area contributed by atoms with Gasteiger partial charge >= 0.3 is 6.79 Å². The first-order chi connectivity index (χ1) is 5.90. The highest BCUT2D eigenvalue weighted by Gasteiger charge is 2.13. The second-order valence-corrected chi connectivity index (χ2v) is 2.86. The normalized spacial score (nSPS) is 13.4. The predicted octanol–water partition coefficient (Wildman–Crippen LogP) is 2.53. The van der Waals surface area contributed by atoms with E-state index in [2.05, 4.69) is 13.0 Å². The Bertz CT molecular complexity index is 281. The zero-order valence-corrected chi connectivity index (χ0v) is 7.04. The van der Waals surface area contributed by atoms with Crippen LogP contribution in [0.4, 0.5) is 0 Å². The first-order valence-corrected chi connectivity index (χ1v) is 4.18. The van der Waals surface area contributed by atoms with Crippen molar-refractivity contribution in [3.8, 4) is 11.5 Å². The fraction of sp³-hybridized carbons (Fsp3) is 0.300. The molecule has 0 aliphatic carbocycles. The van der Waals surface area contributed by atoms with Crippen molar-refractivity contribution in [1.29, 1.82) is 0 Å². The van der Waals surface area contributed by atoms with Crippen LogP contribution in [0, 0.1) is 6.79 Å². The van der Waals surface area contributed by atoms with Gasteiger partial charge in [-0.05, 0) is 24.1 Å². The van der Waals surface area contributed by atoms with Gasteiger partial charge < -0.3 is 9.47 Å². The molecule has 1 aromatic carbocycles. The highest BCUT2D eigenvalue weighted by atomic mass is 16.7. The van der Waals surface area contributed by atoms with Crippen LogP contribution in [0.25, 0.3) is 0 Å². The lowest BCUT2D eigenvalue weighted by molar-refractivity contribution is 0.270. The molecule has 2 nitrogen and oxygen atoms in total. The minimum absolute atomic E-state index is 0.815. The molecule has 0 saturated carbocycles. The highest BCUT2D eigenvalue weighted by Crippen LogP contribution is 2.34. The van der Waals surface area contributed by atoms with Gasteiger partial charge in [0.2, 0.25) is 0 Å². The van der Waals surface area contributed by atoms with Crippen LogP contribution in [0.3, 0.4) is 0 Å². The largest absolute Gasteiger partial charge is 0.444 e. The first kappa shape index (κ1) is 7.47. The van der Waals surface area contributed by atoms with E-state index >= 15 is 0 Å². The van der Waals surface area contributed by atoms with E-state index < -0.39 is 0 Å². The molecular formula is C10H11O2. The van der Waals surface area contributed by atoms with Gasteiger partial charge in [-0.1, -0.05) is 19.4 Å². The average Bonchev–Trinajstić information content (AvgIpc) is 2.51. The van der Waals surface area contributed by atoms with Crippen molar-refractivity contribution >= 4 is 0 Å². The fourth-order valence-corrected chi connectivity index (χ4v) is 1.31. The van der Waals surface area contributed by atoms with Gasteiger partial charge in [-0.25, -0.2) is 0 Å². The monoisotopic (exact) mass is 163 g/mol. The van der Waals surface area contributed by atoms with Gasteiger partial charge in [0.1, 0.15) is 0 Å². The van der Waals surface area contributed by atoms with Crippen LogP contribution in [-0.4, -0.2) is 0 Å². The molecule has 0 atom stereocenters. The SMILES string of the molecule is CCCc1ccc2c(c1)O[CH]O2. The molecule has 12 heavy (non-hydrogen) atoms. The zero-order chi connectivity index (χ0) is 8.39. The lowest BCUT2D eigenvalue weighted by Gasteiger charge is -1.99. The van der Waals surface area contributed by atoms with Gasteiger partial charge in [0.05, 0.1) is 0 Å². The Morgan fingerprint density at radius 2 is 2.00 bits per heavy atom. The molecule has 1 aliphatic heterocycles. The van der Waals surface area contributed by atoms with Gasteiger partial charge in [0, 0.05) is 0 Å². The lowest BCUT2D eigenvalue weighted by Crippen LogP contribution is -1.83. The second kappa shape index (κ2) is 3.05. The van der Waals surface area contributed by atoms with Gasteiger partial charge in [0.25, 0.3) is 0 Å². The van der Waals surface area contributed by atoms with Crippen LogP contribution < -0.4 is 9.47 Å². The molecule has 0 fully saturated rings. The molecule has 2 rings (SSSR count). The summed E-state index contributed by atoms with van der Waals surface area (Å²) in [5, 5.41) is 0. The van der Waals surface area contributed by atoms with Crippen LogP contribution in [0.15, 0.2) is 18.2 Å². The molecule has 0 spiro atoms. The zero-order valence-electron chi connectivity index (χ0n) is 7.04. The summed E-state index contributed by atoms with van der Waals surface area (Å²) >= 11 is 0. The van der Waals surface area contributed by atoms with E-state index in [1.165, 1.54) is 12.4 Å². The maximum atomic E-state index is 5.14. The summed E-state index contributed by atoms with van der Waals surface area (Å²) in [5.74, 6) is 1.65. The molecule has 63 valence electrons. The molecule has 0 saturated heterocycles. The molecule has 0 unspecified atom stereocenters. The average molecular weight is 163 g/mol. The summed E-state index contributed by atoms with van der Waals surface area (Å²) in [6.45, 7) is 3.52. The van der Waals surface area contributed by atoms with E-state index in [1.807, 2.05) is 12.1 Å². The van der Waals surface area contributed by atoms with Crippen LogP contribution >= 0.6 is 0 Å². The van der Waals surface area contributed by atoms with Gasteiger partial charge in [-0.2, -0.15) is 0 Å². The Morgan fingerprint density at radius 1 is 1.17 bits per heavy atom. The number of ether oxygens (including phenoxy) is 2. The van der Waals surface area contributed by atoms with Gasteiger partial charge in [-0.3, -0.25) is 0 Å². The highest BCUT2D eigenvalue weighted by molar-refractivity contribution is 5.45. The third kappa shape index (κ3) is 1.24. The van der Waals surface area contributed by atoms with E-state index in [0.717, 1.165) is 24.3 Å². The third-order valence-corrected chi connectivity index (χ3v) is 1.90. The molecule has 1 heterocycles. The topological polar surface area (TPSA) is 18.5 Å². The van der Waals surface area contributed by atoms with Crippen molar-refractivity contribution in [2.45, 2.75) is 19.8 Å². The number of aryl methyl sites for hydroxylation is 1. The van der Waals surface area contributed by atoms with Crippen LogP contribution in [-0.2, 0) is 6.42 Å². The quantitative estimate of drug-likeness (QED) is 0.667. The molecule has 0 amide bonds. The van der Waals surface area contributed by atoms with Crippen molar-refractivity contribution in [2.24, 2.45) is 0 Å². The Hall–Kier alpha value is -1.18. The van der Waals surface area contributed by atoms with Crippen molar-refractivity contribution in [3.63, 3.8) is 0 Å². The molecule has 0 aromatic heterocycles. The van der Waals surface area contributed by atoms with E-state index in [4.69, 9.17) is 9.47 Å².